The van der Waals surface area contributed by atoms with Crippen LogP contribution in [0.2, 0.25) is 0 Å². The molecule has 0 unspecified atom stereocenters. The Morgan fingerprint density at radius 2 is 2.12 bits per heavy atom. The minimum absolute atomic E-state index is 0.922. The number of carboxylic acids is 1. The van der Waals surface area contributed by atoms with Crippen LogP contribution in [0.5, 0.6) is 0 Å². The molecule has 2 heterocycles. The Morgan fingerprint density at radius 1 is 1.41 bits per heavy atom. The number of thiophene rings is 1. The van der Waals surface area contributed by atoms with E-state index in [2.05, 4.69) is 21.2 Å². The number of nitrogens with one attached hydrogen (secondary N) is 1. The molecule has 0 spiro atoms. The van der Waals surface area contributed by atoms with Gasteiger partial charge in [-0.25, -0.2) is 4.79 Å². The average Bonchev–Trinajstić information content (AvgIpc) is 2.76. The van der Waals surface area contributed by atoms with Gasteiger partial charge in [-0.2, -0.15) is 0 Å². The molecule has 1 aromatic rings. The maximum absolute atomic E-state index is 10.1. The van der Waals surface area contributed by atoms with Gasteiger partial charge in [0.25, 0.3) is 0 Å². The number of aliphatic carboxylic acids is 1. The highest BCUT2D eigenvalue weighted by molar-refractivity contribution is 9.10. The Bertz CT molecular complexity index is 361. The van der Waals surface area contributed by atoms with Crippen molar-refractivity contribution in [3.05, 3.63) is 26.9 Å². The molecule has 3 nitrogen and oxygen atoms in total. The average molecular weight is 318 g/mol. The largest absolute Gasteiger partial charge is 0.478 e. The predicted octanol–water partition coefficient (Wildman–Crippen LogP) is 3.37. The molecular weight excluding hydrogens is 302 g/mol. The van der Waals surface area contributed by atoms with Crippen LogP contribution < -0.4 is 5.32 Å². The summed E-state index contributed by atoms with van der Waals surface area (Å²) in [5.41, 5.74) is 0. The SMILES string of the molecule is C1CCNCC1.O=C(O)/C=C/c1cc(Br)cs1. The fourth-order valence-corrected chi connectivity index (χ4v) is 2.71. The normalized spacial score (nSPS) is 15.4. The fourth-order valence-electron chi connectivity index (χ4n) is 1.37. The quantitative estimate of drug-likeness (QED) is 0.822. The number of rotatable bonds is 2. The molecule has 17 heavy (non-hydrogen) atoms. The van der Waals surface area contributed by atoms with Gasteiger partial charge < -0.3 is 10.4 Å². The van der Waals surface area contributed by atoms with Crippen molar-refractivity contribution >= 4 is 39.3 Å². The summed E-state index contributed by atoms with van der Waals surface area (Å²) in [7, 11) is 0. The molecule has 94 valence electrons. The van der Waals surface area contributed by atoms with Gasteiger partial charge in [-0.05, 0) is 54.0 Å². The number of carbonyl (C=O) groups is 1. The maximum atomic E-state index is 10.1. The van der Waals surface area contributed by atoms with Gasteiger partial charge in [0.1, 0.15) is 0 Å². The molecular formula is C12H16BrNO2S. The number of carboxylic acid groups (broad SMARTS) is 1. The molecule has 1 aromatic heterocycles. The number of piperidine rings is 1. The van der Waals surface area contributed by atoms with Crippen molar-refractivity contribution in [1.82, 2.24) is 5.32 Å². The van der Waals surface area contributed by atoms with Crippen LogP contribution >= 0.6 is 27.3 Å². The first kappa shape index (κ1) is 14.4. The zero-order valence-electron chi connectivity index (χ0n) is 9.49. The van der Waals surface area contributed by atoms with E-state index < -0.39 is 5.97 Å². The van der Waals surface area contributed by atoms with E-state index in [-0.39, 0.29) is 0 Å². The van der Waals surface area contributed by atoms with Gasteiger partial charge >= 0.3 is 5.97 Å². The Balaban J connectivity index is 0.000000202. The van der Waals surface area contributed by atoms with Crippen LogP contribution in [0.1, 0.15) is 24.1 Å². The van der Waals surface area contributed by atoms with Crippen molar-refractivity contribution in [1.29, 1.82) is 0 Å². The number of hydrogen-bond acceptors (Lipinski definition) is 3. The van der Waals surface area contributed by atoms with Crippen molar-refractivity contribution in [2.45, 2.75) is 19.3 Å². The molecule has 0 radical (unpaired) electrons. The zero-order chi connectivity index (χ0) is 12.5. The van der Waals surface area contributed by atoms with Crippen LogP contribution in [0.15, 0.2) is 22.0 Å². The van der Waals surface area contributed by atoms with Gasteiger partial charge in [-0.1, -0.05) is 6.42 Å². The second-order valence-corrected chi connectivity index (χ2v) is 5.51. The lowest BCUT2D eigenvalue weighted by Gasteiger charge is -2.08. The maximum Gasteiger partial charge on any atom is 0.328 e. The molecule has 2 N–H and O–H groups in total. The van der Waals surface area contributed by atoms with Crippen molar-refractivity contribution in [3.63, 3.8) is 0 Å². The van der Waals surface area contributed by atoms with E-state index in [1.807, 2.05) is 11.4 Å². The van der Waals surface area contributed by atoms with Crippen molar-refractivity contribution in [2.24, 2.45) is 0 Å². The van der Waals surface area contributed by atoms with E-state index in [0.717, 1.165) is 15.4 Å². The van der Waals surface area contributed by atoms with Crippen molar-refractivity contribution in [2.75, 3.05) is 13.1 Å². The summed E-state index contributed by atoms with van der Waals surface area (Å²) in [5, 5.41) is 13.5. The van der Waals surface area contributed by atoms with Gasteiger partial charge in [0, 0.05) is 20.8 Å². The summed E-state index contributed by atoms with van der Waals surface area (Å²) in [6, 6.07) is 1.87. The van der Waals surface area contributed by atoms with Crippen LogP contribution in [0.3, 0.4) is 0 Å². The van der Waals surface area contributed by atoms with Gasteiger partial charge in [0.05, 0.1) is 0 Å². The van der Waals surface area contributed by atoms with E-state index >= 15 is 0 Å². The molecule has 1 aliphatic heterocycles. The highest BCUT2D eigenvalue weighted by Gasteiger charge is 1.94. The smallest absolute Gasteiger partial charge is 0.328 e. The summed E-state index contributed by atoms with van der Waals surface area (Å²) >= 11 is 4.76. The first-order chi connectivity index (χ1) is 8.18. The van der Waals surface area contributed by atoms with Crippen molar-refractivity contribution < 1.29 is 9.90 Å². The van der Waals surface area contributed by atoms with E-state index in [1.165, 1.54) is 43.7 Å². The zero-order valence-corrected chi connectivity index (χ0v) is 11.9. The molecule has 1 saturated heterocycles. The first-order valence-corrected chi connectivity index (χ1v) is 7.21. The summed E-state index contributed by atoms with van der Waals surface area (Å²) < 4.78 is 0.979. The summed E-state index contributed by atoms with van der Waals surface area (Å²) in [5.74, 6) is -0.922. The minimum Gasteiger partial charge on any atom is -0.478 e. The van der Waals surface area contributed by atoms with Crippen LogP contribution in [0.4, 0.5) is 0 Å². The Kier molecular flexibility index (Phi) is 7.16. The molecule has 2 rings (SSSR count). The molecule has 0 amide bonds. The van der Waals surface area contributed by atoms with Gasteiger partial charge in [0.2, 0.25) is 0 Å². The molecule has 0 saturated carbocycles. The van der Waals surface area contributed by atoms with Gasteiger partial charge in [0.15, 0.2) is 0 Å². The molecule has 0 aliphatic carbocycles. The lowest BCUT2D eigenvalue weighted by atomic mass is 10.2. The predicted molar refractivity (Wildman–Crippen MR) is 75.4 cm³/mol. The Labute approximate surface area is 114 Å². The Morgan fingerprint density at radius 3 is 2.47 bits per heavy atom. The van der Waals surface area contributed by atoms with E-state index in [1.54, 1.807) is 6.08 Å². The highest BCUT2D eigenvalue weighted by atomic mass is 79.9. The molecule has 0 aromatic carbocycles. The second-order valence-electron chi connectivity index (χ2n) is 3.65. The van der Waals surface area contributed by atoms with Crippen LogP contribution in [0, 0.1) is 0 Å². The fraction of sp³-hybridized carbons (Fsp3) is 0.417. The standard InChI is InChI=1S/C7H5BrO2S.C5H11N/c8-5-3-6(11-4-5)1-2-7(9)10;1-2-4-6-5-3-1/h1-4H,(H,9,10);6H,1-5H2/b2-1+;. The molecule has 0 bridgehead atoms. The third-order valence-electron chi connectivity index (χ3n) is 2.19. The van der Waals surface area contributed by atoms with Crippen LogP contribution in [-0.2, 0) is 4.79 Å². The summed E-state index contributed by atoms with van der Waals surface area (Å²) in [6.07, 6.45) is 6.91. The molecule has 0 atom stereocenters. The topological polar surface area (TPSA) is 49.3 Å². The minimum atomic E-state index is -0.922. The summed E-state index contributed by atoms with van der Waals surface area (Å²) in [4.78, 5) is 11.0. The molecule has 1 aliphatic rings. The van der Waals surface area contributed by atoms with Gasteiger partial charge in [-0.3, -0.25) is 0 Å². The summed E-state index contributed by atoms with van der Waals surface area (Å²) in [6.45, 7) is 2.50. The number of halogens is 1. The first-order valence-electron chi connectivity index (χ1n) is 5.54. The van der Waals surface area contributed by atoms with E-state index in [0.29, 0.717) is 0 Å². The third kappa shape index (κ3) is 7.31. The highest BCUT2D eigenvalue weighted by Crippen LogP contribution is 2.20. The monoisotopic (exact) mass is 317 g/mol. The van der Waals surface area contributed by atoms with Gasteiger partial charge in [-0.15, -0.1) is 11.3 Å². The lowest BCUT2D eigenvalue weighted by molar-refractivity contribution is -0.131. The van der Waals surface area contributed by atoms with Crippen LogP contribution in [0.25, 0.3) is 6.08 Å². The van der Waals surface area contributed by atoms with E-state index in [9.17, 15) is 4.79 Å². The van der Waals surface area contributed by atoms with E-state index in [4.69, 9.17) is 5.11 Å². The Hall–Kier alpha value is -0.650. The lowest BCUT2D eigenvalue weighted by Crippen LogP contribution is -2.21. The molecule has 1 fully saturated rings. The number of hydrogen-bond donors (Lipinski definition) is 2. The second kappa shape index (κ2) is 8.44. The van der Waals surface area contributed by atoms with Crippen molar-refractivity contribution in [3.8, 4) is 0 Å². The third-order valence-corrected chi connectivity index (χ3v) is 3.84. The molecule has 5 heteroatoms. The van der Waals surface area contributed by atoms with Crippen LogP contribution in [-0.4, -0.2) is 24.2 Å².